The highest BCUT2D eigenvalue weighted by atomic mass is 35.5. The maximum absolute atomic E-state index is 11.5. The van der Waals surface area contributed by atoms with Gasteiger partial charge in [-0.25, -0.2) is 0 Å². The van der Waals surface area contributed by atoms with Crippen molar-refractivity contribution in [1.82, 2.24) is 0 Å². The first-order valence-corrected chi connectivity index (χ1v) is 10.5. The van der Waals surface area contributed by atoms with Crippen LogP contribution in [0.4, 0.5) is 11.4 Å². The van der Waals surface area contributed by atoms with Gasteiger partial charge in [-0.3, -0.25) is 4.79 Å². The van der Waals surface area contributed by atoms with Crippen LogP contribution in [0, 0.1) is 0 Å². The van der Waals surface area contributed by atoms with Crippen molar-refractivity contribution in [2.24, 2.45) is 0 Å². The van der Waals surface area contributed by atoms with E-state index in [2.05, 4.69) is 17.1 Å². The number of benzene rings is 2. The normalized spacial score (nSPS) is 22.5. The van der Waals surface area contributed by atoms with Gasteiger partial charge in [0.25, 0.3) is 0 Å². The summed E-state index contributed by atoms with van der Waals surface area (Å²) < 4.78 is 11.5. The number of ether oxygens (including phenoxy) is 2. The van der Waals surface area contributed by atoms with E-state index in [4.69, 9.17) is 21.1 Å². The average Bonchev–Trinajstić information content (AvgIpc) is 2.70. The number of carboxylic acid groups (broad SMARTS) is 1. The van der Waals surface area contributed by atoms with Crippen molar-refractivity contribution in [2.45, 2.75) is 44.6 Å². The number of para-hydroxylation sites is 1. The SMILES string of the molecule is COCC(CC(=O)O)c1ccccc1N1C[C@@H](C)O[C@@H](C)C1Nc1ccc(Cl)cc1. The smallest absolute Gasteiger partial charge is 0.304 e. The van der Waals surface area contributed by atoms with Crippen LogP contribution in [0.2, 0.25) is 5.02 Å². The zero-order valence-electron chi connectivity index (χ0n) is 17.5. The van der Waals surface area contributed by atoms with Gasteiger partial charge in [0.05, 0.1) is 25.2 Å². The average molecular weight is 433 g/mol. The molecule has 2 aromatic carbocycles. The van der Waals surface area contributed by atoms with Crippen molar-refractivity contribution in [3.63, 3.8) is 0 Å². The molecule has 3 rings (SSSR count). The van der Waals surface area contributed by atoms with Crippen LogP contribution in [-0.2, 0) is 14.3 Å². The maximum Gasteiger partial charge on any atom is 0.304 e. The lowest BCUT2D eigenvalue weighted by Gasteiger charge is -2.45. The van der Waals surface area contributed by atoms with Crippen molar-refractivity contribution in [3.8, 4) is 0 Å². The predicted molar refractivity (Wildman–Crippen MR) is 120 cm³/mol. The number of carbonyl (C=O) groups is 1. The summed E-state index contributed by atoms with van der Waals surface area (Å²) in [5, 5.41) is 13.7. The van der Waals surface area contributed by atoms with Crippen molar-refractivity contribution in [1.29, 1.82) is 0 Å². The first-order chi connectivity index (χ1) is 14.4. The lowest BCUT2D eigenvalue weighted by atomic mass is 9.93. The molecule has 2 aromatic rings. The molecular formula is C23H29ClN2O4. The zero-order chi connectivity index (χ0) is 21.7. The van der Waals surface area contributed by atoms with Crippen molar-refractivity contribution in [2.75, 3.05) is 30.5 Å². The lowest BCUT2D eigenvalue weighted by Crippen LogP contribution is -2.57. The summed E-state index contributed by atoms with van der Waals surface area (Å²) in [6.45, 7) is 5.12. The fourth-order valence-electron chi connectivity index (χ4n) is 4.05. The van der Waals surface area contributed by atoms with Crippen LogP contribution >= 0.6 is 11.6 Å². The minimum atomic E-state index is -0.841. The van der Waals surface area contributed by atoms with Gasteiger partial charge in [0.15, 0.2) is 0 Å². The molecule has 0 aromatic heterocycles. The van der Waals surface area contributed by atoms with Crippen LogP contribution in [0.1, 0.15) is 31.7 Å². The van der Waals surface area contributed by atoms with E-state index in [9.17, 15) is 9.90 Å². The van der Waals surface area contributed by atoms with E-state index in [1.165, 1.54) is 0 Å². The van der Waals surface area contributed by atoms with Crippen LogP contribution in [0.3, 0.4) is 0 Å². The standard InChI is InChI=1S/C23H29ClN2O4/c1-15-13-26(23(16(2)30-15)25-19-10-8-18(24)9-11-19)21-7-5-4-6-20(21)17(14-29-3)12-22(27)28/h4-11,15-17,23,25H,12-14H2,1-3H3,(H,27,28)/t15-,16+,17?,23?/m1/s1. The van der Waals surface area contributed by atoms with E-state index in [0.29, 0.717) is 18.2 Å². The molecule has 1 heterocycles. The molecule has 0 aliphatic carbocycles. The molecule has 7 heteroatoms. The van der Waals surface area contributed by atoms with Gasteiger partial charge in [0, 0.05) is 36.0 Å². The Labute approximate surface area is 182 Å². The number of rotatable bonds is 8. The Morgan fingerprint density at radius 3 is 2.63 bits per heavy atom. The number of nitrogens with zero attached hydrogens (tertiary/aromatic N) is 1. The molecular weight excluding hydrogens is 404 g/mol. The number of hydrogen-bond donors (Lipinski definition) is 2. The summed E-state index contributed by atoms with van der Waals surface area (Å²) in [5.41, 5.74) is 2.90. The number of morpholine rings is 1. The second-order valence-corrected chi connectivity index (χ2v) is 8.15. The highest BCUT2D eigenvalue weighted by Gasteiger charge is 2.35. The molecule has 0 bridgehead atoms. The number of aliphatic carboxylic acids is 1. The highest BCUT2D eigenvalue weighted by molar-refractivity contribution is 6.30. The minimum Gasteiger partial charge on any atom is -0.481 e. The number of anilines is 2. The Kier molecular flexibility index (Phi) is 7.58. The van der Waals surface area contributed by atoms with Gasteiger partial charge >= 0.3 is 5.97 Å². The maximum atomic E-state index is 11.5. The summed E-state index contributed by atoms with van der Waals surface area (Å²) in [4.78, 5) is 13.7. The minimum absolute atomic E-state index is 0.00950. The van der Waals surface area contributed by atoms with Crippen LogP contribution in [0.25, 0.3) is 0 Å². The lowest BCUT2D eigenvalue weighted by molar-refractivity contribution is -0.137. The van der Waals surface area contributed by atoms with Gasteiger partial charge < -0.3 is 24.8 Å². The van der Waals surface area contributed by atoms with Gasteiger partial charge in [-0.05, 0) is 49.7 Å². The molecule has 162 valence electrons. The summed E-state index contributed by atoms with van der Waals surface area (Å²) >= 11 is 6.03. The fourth-order valence-corrected chi connectivity index (χ4v) is 4.18. The predicted octanol–water partition coefficient (Wildman–Crippen LogP) is 4.60. The van der Waals surface area contributed by atoms with Crippen molar-refractivity contribution < 1.29 is 19.4 Å². The summed E-state index contributed by atoms with van der Waals surface area (Å²) in [7, 11) is 1.60. The van der Waals surface area contributed by atoms with Crippen molar-refractivity contribution in [3.05, 3.63) is 59.1 Å². The van der Waals surface area contributed by atoms with E-state index in [1.54, 1.807) is 7.11 Å². The Balaban J connectivity index is 1.97. The highest BCUT2D eigenvalue weighted by Crippen LogP contribution is 2.34. The first-order valence-electron chi connectivity index (χ1n) is 10.1. The van der Waals surface area contributed by atoms with Crippen LogP contribution in [0.15, 0.2) is 48.5 Å². The van der Waals surface area contributed by atoms with E-state index in [1.807, 2.05) is 55.5 Å². The molecule has 2 unspecified atom stereocenters. The Morgan fingerprint density at radius 1 is 1.27 bits per heavy atom. The molecule has 1 fully saturated rings. The Hall–Kier alpha value is -2.28. The van der Waals surface area contributed by atoms with Crippen LogP contribution < -0.4 is 10.2 Å². The molecule has 1 aliphatic heterocycles. The van der Waals surface area contributed by atoms with Gasteiger partial charge in [-0.1, -0.05) is 29.8 Å². The molecule has 1 aliphatic rings. The summed E-state index contributed by atoms with van der Waals surface area (Å²) in [5.74, 6) is -1.08. The van der Waals surface area contributed by atoms with Gasteiger partial charge in [-0.2, -0.15) is 0 Å². The molecule has 4 atom stereocenters. The zero-order valence-corrected chi connectivity index (χ0v) is 18.3. The molecule has 1 saturated heterocycles. The third kappa shape index (κ3) is 5.45. The van der Waals surface area contributed by atoms with E-state index in [0.717, 1.165) is 16.9 Å². The molecule has 0 amide bonds. The van der Waals surface area contributed by atoms with E-state index in [-0.39, 0.29) is 30.7 Å². The quantitative estimate of drug-likeness (QED) is 0.635. The largest absolute Gasteiger partial charge is 0.481 e. The number of nitrogens with one attached hydrogen (secondary N) is 1. The van der Waals surface area contributed by atoms with Gasteiger partial charge in [0.1, 0.15) is 6.17 Å². The summed E-state index contributed by atoms with van der Waals surface area (Å²) in [6, 6.07) is 15.5. The second kappa shape index (κ2) is 10.2. The van der Waals surface area contributed by atoms with Crippen LogP contribution in [0.5, 0.6) is 0 Å². The molecule has 0 spiro atoms. The number of hydrogen-bond acceptors (Lipinski definition) is 5. The van der Waals surface area contributed by atoms with Gasteiger partial charge in [-0.15, -0.1) is 0 Å². The Bertz CT molecular complexity index is 845. The monoisotopic (exact) mass is 432 g/mol. The number of carboxylic acids is 1. The Morgan fingerprint density at radius 2 is 1.97 bits per heavy atom. The molecule has 0 saturated carbocycles. The molecule has 2 N–H and O–H groups in total. The van der Waals surface area contributed by atoms with Crippen molar-refractivity contribution >= 4 is 28.9 Å². The van der Waals surface area contributed by atoms with E-state index < -0.39 is 5.97 Å². The third-order valence-electron chi connectivity index (χ3n) is 5.31. The second-order valence-electron chi connectivity index (χ2n) is 7.71. The summed E-state index contributed by atoms with van der Waals surface area (Å²) in [6.07, 6.45) is -0.165. The van der Waals surface area contributed by atoms with Crippen LogP contribution in [-0.4, -0.2) is 49.7 Å². The topological polar surface area (TPSA) is 71.0 Å². The fraction of sp³-hybridized carbons (Fsp3) is 0.435. The number of halogens is 1. The first kappa shape index (κ1) is 22.4. The number of methoxy groups -OCH3 is 1. The third-order valence-corrected chi connectivity index (χ3v) is 5.57. The molecule has 30 heavy (non-hydrogen) atoms. The molecule has 0 radical (unpaired) electrons. The molecule has 6 nitrogen and oxygen atoms in total. The van der Waals surface area contributed by atoms with Gasteiger partial charge in [0.2, 0.25) is 0 Å². The van der Waals surface area contributed by atoms with E-state index >= 15 is 0 Å².